The quantitative estimate of drug-likeness (QED) is 0.841. The van der Waals surface area contributed by atoms with Crippen molar-refractivity contribution in [1.29, 1.82) is 0 Å². The molecule has 1 aromatic rings. The van der Waals surface area contributed by atoms with Crippen molar-refractivity contribution in [2.75, 3.05) is 13.7 Å². The summed E-state index contributed by atoms with van der Waals surface area (Å²) >= 11 is 2.21. The highest BCUT2D eigenvalue weighted by molar-refractivity contribution is 14.1. The van der Waals surface area contributed by atoms with Gasteiger partial charge in [0.25, 0.3) is 5.91 Å². The minimum atomic E-state index is -0.0414. The number of rotatable bonds is 5. The molecule has 0 aliphatic heterocycles. The average Bonchev–Trinajstić information content (AvgIpc) is 2.29. The fourth-order valence-electron chi connectivity index (χ4n) is 1.33. The molecule has 0 saturated heterocycles. The summed E-state index contributed by atoms with van der Waals surface area (Å²) in [6.45, 7) is 2.57. The molecule has 0 aromatic heterocycles. The molecule has 1 atom stereocenters. The summed E-state index contributed by atoms with van der Waals surface area (Å²) in [5, 5.41) is 2.94. The molecule has 0 bridgehead atoms. The first kappa shape index (κ1) is 13.4. The van der Waals surface area contributed by atoms with Gasteiger partial charge in [0.2, 0.25) is 0 Å². The second-order valence-electron chi connectivity index (χ2n) is 3.54. The van der Waals surface area contributed by atoms with Gasteiger partial charge in [0.1, 0.15) is 0 Å². The molecule has 0 aliphatic carbocycles. The number of hydrogen-bond acceptors (Lipinski definition) is 2. The van der Waals surface area contributed by atoms with E-state index in [9.17, 15) is 4.79 Å². The van der Waals surface area contributed by atoms with Gasteiger partial charge in [0, 0.05) is 16.2 Å². The van der Waals surface area contributed by atoms with Crippen molar-refractivity contribution in [3.63, 3.8) is 0 Å². The number of ether oxygens (including phenoxy) is 1. The van der Waals surface area contributed by atoms with E-state index in [2.05, 4.69) is 27.9 Å². The summed E-state index contributed by atoms with van der Waals surface area (Å²) in [6.07, 6.45) is 0.865. The van der Waals surface area contributed by atoms with Crippen molar-refractivity contribution in [2.45, 2.75) is 19.4 Å². The average molecular weight is 333 g/mol. The Hall–Kier alpha value is -0.620. The van der Waals surface area contributed by atoms with Gasteiger partial charge < -0.3 is 10.1 Å². The predicted molar refractivity (Wildman–Crippen MR) is 72.6 cm³/mol. The summed E-state index contributed by atoms with van der Waals surface area (Å²) in [6, 6.07) is 7.59. The Labute approximate surface area is 110 Å². The summed E-state index contributed by atoms with van der Waals surface area (Å²) in [4.78, 5) is 11.8. The highest BCUT2D eigenvalue weighted by Gasteiger charge is 2.11. The van der Waals surface area contributed by atoms with Gasteiger partial charge in [-0.2, -0.15) is 0 Å². The highest BCUT2D eigenvalue weighted by Crippen LogP contribution is 2.07. The molecule has 0 fully saturated rings. The minimum Gasteiger partial charge on any atom is -0.383 e. The van der Waals surface area contributed by atoms with E-state index in [4.69, 9.17) is 4.74 Å². The first-order valence-electron chi connectivity index (χ1n) is 5.22. The minimum absolute atomic E-state index is 0.0414. The first-order chi connectivity index (χ1) is 7.67. The van der Waals surface area contributed by atoms with Crippen LogP contribution in [0.3, 0.4) is 0 Å². The molecule has 1 rings (SSSR count). The van der Waals surface area contributed by atoms with Gasteiger partial charge >= 0.3 is 0 Å². The fourth-order valence-corrected chi connectivity index (χ4v) is 1.69. The molecular formula is C12H16INO2. The molecule has 3 nitrogen and oxygen atoms in total. The first-order valence-corrected chi connectivity index (χ1v) is 6.30. The number of nitrogens with one attached hydrogen (secondary N) is 1. The van der Waals surface area contributed by atoms with Crippen molar-refractivity contribution in [2.24, 2.45) is 0 Å². The molecule has 0 radical (unpaired) electrons. The zero-order chi connectivity index (χ0) is 12.0. The van der Waals surface area contributed by atoms with Crippen LogP contribution in [0.5, 0.6) is 0 Å². The van der Waals surface area contributed by atoms with E-state index in [0.717, 1.165) is 9.99 Å². The van der Waals surface area contributed by atoms with Crippen LogP contribution >= 0.6 is 22.6 Å². The largest absolute Gasteiger partial charge is 0.383 e. The van der Waals surface area contributed by atoms with Gasteiger partial charge in [-0.15, -0.1) is 0 Å². The van der Waals surface area contributed by atoms with Crippen molar-refractivity contribution < 1.29 is 9.53 Å². The molecule has 1 amide bonds. The molecular weight excluding hydrogens is 317 g/mol. The van der Waals surface area contributed by atoms with Crippen LogP contribution < -0.4 is 5.32 Å². The Morgan fingerprint density at radius 2 is 2.06 bits per heavy atom. The third-order valence-corrected chi connectivity index (χ3v) is 3.02. The van der Waals surface area contributed by atoms with Crippen LogP contribution in [-0.4, -0.2) is 25.7 Å². The second kappa shape index (κ2) is 6.85. The van der Waals surface area contributed by atoms with Crippen molar-refractivity contribution in [1.82, 2.24) is 5.32 Å². The standard InChI is InChI=1S/C12H16INO2/c1-3-11(8-16-2)14-12(15)9-4-6-10(13)7-5-9/h4-7,11H,3,8H2,1-2H3,(H,14,15). The SMILES string of the molecule is CCC(COC)NC(=O)c1ccc(I)cc1. The molecule has 0 saturated carbocycles. The number of benzene rings is 1. The number of carbonyl (C=O) groups excluding carboxylic acids is 1. The lowest BCUT2D eigenvalue weighted by molar-refractivity contribution is 0.0894. The maximum Gasteiger partial charge on any atom is 0.251 e. The molecule has 0 aliphatic rings. The van der Waals surface area contributed by atoms with Crippen LogP contribution in [0.15, 0.2) is 24.3 Å². The monoisotopic (exact) mass is 333 g/mol. The lowest BCUT2D eigenvalue weighted by Crippen LogP contribution is -2.37. The van der Waals surface area contributed by atoms with Gasteiger partial charge in [-0.3, -0.25) is 4.79 Å². The number of halogens is 1. The summed E-state index contributed by atoms with van der Waals surface area (Å²) in [7, 11) is 1.64. The van der Waals surface area contributed by atoms with Gasteiger partial charge in [-0.05, 0) is 53.3 Å². The predicted octanol–water partition coefficient (Wildman–Crippen LogP) is 2.45. The fraction of sp³-hybridized carbons (Fsp3) is 0.417. The normalized spacial score (nSPS) is 12.2. The maximum absolute atomic E-state index is 11.8. The van der Waals surface area contributed by atoms with Gasteiger partial charge in [-0.25, -0.2) is 0 Å². The Morgan fingerprint density at radius 1 is 1.44 bits per heavy atom. The van der Waals surface area contributed by atoms with Gasteiger partial charge in [0.05, 0.1) is 12.6 Å². The molecule has 88 valence electrons. The Balaban J connectivity index is 2.60. The Morgan fingerprint density at radius 3 is 2.56 bits per heavy atom. The lowest BCUT2D eigenvalue weighted by Gasteiger charge is -2.15. The molecule has 1 N–H and O–H groups in total. The van der Waals surface area contributed by atoms with Crippen LogP contribution in [-0.2, 0) is 4.74 Å². The lowest BCUT2D eigenvalue weighted by atomic mass is 10.2. The summed E-state index contributed by atoms with van der Waals surface area (Å²) in [5.74, 6) is -0.0414. The molecule has 1 unspecified atom stereocenters. The number of carbonyl (C=O) groups is 1. The molecule has 4 heteroatoms. The van der Waals surface area contributed by atoms with Crippen LogP contribution in [0, 0.1) is 3.57 Å². The van der Waals surface area contributed by atoms with E-state index in [0.29, 0.717) is 12.2 Å². The zero-order valence-electron chi connectivity index (χ0n) is 9.50. The molecule has 1 aromatic carbocycles. The smallest absolute Gasteiger partial charge is 0.251 e. The maximum atomic E-state index is 11.8. The van der Waals surface area contributed by atoms with E-state index in [-0.39, 0.29) is 11.9 Å². The zero-order valence-corrected chi connectivity index (χ0v) is 11.7. The van der Waals surface area contributed by atoms with E-state index in [1.807, 2.05) is 31.2 Å². The summed E-state index contributed by atoms with van der Waals surface area (Å²) < 4.78 is 6.16. The molecule has 16 heavy (non-hydrogen) atoms. The molecule has 0 heterocycles. The van der Waals surface area contributed by atoms with Crippen LogP contribution in [0.2, 0.25) is 0 Å². The molecule has 0 spiro atoms. The number of methoxy groups -OCH3 is 1. The van der Waals surface area contributed by atoms with Crippen LogP contribution in [0.1, 0.15) is 23.7 Å². The van der Waals surface area contributed by atoms with Crippen LogP contribution in [0.25, 0.3) is 0 Å². The van der Waals surface area contributed by atoms with E-state index < -0.39 is 0 Å². The Kier molecular flexibility index (Phi) is 5.76. The Bertz CT molecular complexity index is 337. The topological polar surface area (TPSA) is 38.3 Å². The van der Waals surface area contributed by atoms with E-state index in [1.54, 1.807) is 7.11 Å². The van der Waals surface area contributed by atoms with Gasteiger partial charge in [-0.1, -0.05) is 6.92 Å². The van der Waals surface area contributed by atoms with Crippen LogP contribution in [0.4, 0.5) is 0 Å². The van der Waals surface area contributed by atoms with E-state index in [1.165, 1.54) is 0 Å². The number of hydrogen-bond donors (Lipinski definition) is 1. The third kappa shape index (κ3) is 4.09. The van der Waals surface area contributed by atoms with Gasteiger partial charge in [0.15, 0.2) is 0 Å². The van der Waals surface area contributed by atoms with Crippen molar-refractivity contribution in [3.8, 4) is 0 Å². The summed E-state index contributed by atoms with van der Waals surface area (Å²) in [5.41, 5.74) is 0.690. The number of amides is 1. The third-order valence-electron chi connectivity index (χ3n) is 2.30. The van der Waals surface area contributed by atoms with E-state index >= 15 is 0 Å². The van der Waals surface area contributed by atoms with Crippen molar-refractivity contribution in [3.05, 3.63) is 33.4 Å². The van der Waals surface area contributed by atoms with Crippen molar-refractivity contribution >= 4 is 28.5 Å². The highest BCUT2D eigenvalue weighted by atomic mass is 127. The second-order valence-corrected chi connectivity index (χ2v) is 4.79.